The average Bonchev–Trinajstić information content (AvgIpc) is 3.27. The molecule has 4 rings (SSSR count). The number of aryl methyl sites for hydroxylation is 1. The van der Waals surface area contributed by atoms with Crippen molar-refractivity contribution in [2.45, 2.75) is 90.6 Å². The van der Waals surface area contributed by atoms with Gasteiger partial charge in [0, 0.05) is 24.9 Å². The fraction of sp³-hybridized carbons (Fsp3) is 0.581. The largest absolute Gasteiger partial charge is 0.449 e. The molecule has 0 spiro atoms. The summed E-state index contributed by atoms with van der Waals surface area (Å²) in [6.07, 6.45) is -0.177. The van der Waals surface area contributed by atoms with Gasteiger partial charge in [-0.05, 0) is 72.6 Å². The third kappa shape index (κ3) is 7.77. The van der Waals surface area contributed by atoms with Crippen molar-refractivity contribution in [2.75, 3.05) is 18.5 Å². The molecule has 1 heterocycles. The smallest absolute Gasteiger partial charge is 0.380 e. The number of nitrogens with one attached hydrogen (secondary N) is 1. The minimum Gasteiger partial charge on any atom is -0.380 e. The Morgan fingerprint density at radius 1 is 1.03 bits per heavy atom. The van der Waals surface area contributed by atoms with Crippen LogP contribution in [0.15, 0.2) is 36.4 Å². The molecule has 1 saturated heterocycles. The molecule has 1 unspecified atom stereocenters. The molecule has 2 aromatic carbocycles. The molecule has 0 radical (unpaired) electrons. The second kappa shape index (κ2) is 12.2. The number of carbonyl (C=O) groups excluding carboxylic acids is 1. The third-order valence-corrected chi connectivity index (χ3v) is 8.22. The number of halogens is 4. The molecule has 39 heavy (non-hydrogen) atoms. The van der Waals surface area contributed by atoms with E-state index < -0.39 is 24.2 Å². The van der Waals surface area contributed by atoms with Gasteiger partial charge in [-0.1, -0.05) is 62.7 Å². The molecule has 0 aromatic heterocycles. The summed E-state index contributed by atoms with van der Waals surface area (Å²) in [7, 11) is 0. The maximum absolute atomic E-state index is 12.6. The normalized spacial score (nSPS) is 19.4. The molecule has 1 atom stereocenters. The van der Waals surface area contributed by atoms with E-state index in [9.17, 15) is 18.0 Å². The number of rotatable bonds is 9. The number of fused-ring (bicyclic) bond motifs is 1. The average molecular weight is 566 g/mol. The van der Waals surface area contributed by atoms with Crippen molar-refractivity contribution in [1.82, 2.24) is 0 Å². The first kappa shape index (κ1) is 29.9. The van der Waals surface area contributed by atoms with Crippen molar-refractivity contribution in [3.05, 3.63) is 63.7 Å². The van der Waals surface area contributed by atoms with Crippen molar-refractivity contribution >= 4 is 23.1 Å². The van der Waals surface area contributed by atoms with Gasteiger partial charge in [-0.15, -0.1) is 0 Å². The summed E-state index contributed by atoms with van der Waals surface area (Å²) in [4.78, 5) is 11.3. The highest BCUT2D eigenvalue weighted by Gasteiger charge is 2.39. The summed E-state index contributed by atoms with van der Waals surface area (Å²) < 4.78 is 50.1. The fourth-order valence-corrected chi connectivity index (χ4v) is 5.75. The molecule has 8 heteroatoms. The molecule has 4 nitrogen and oxygen atoms in total. The van der Waals surface area contributed by atoms with E-state index >= 15 is 0 Å². The lowest BCUT2D eigenvalue weighted by molar-refractivity contribution is -0.174. The van der Waals surface area contributed by atoms with Crippen molar-refractivity contribution in [3.63, 3.8) is 0 Å². The highest BCUT2D eigenvalue weighted by Crippen LogP contribution is 2.40. The van der Waals surface area contributed by atoms with Crippen LogP contribution in [0.1, 0.15) is 81.5 Å². The second-order valence-electron chi connectivity index (χ2n) is 12.0. The molecule has 0 saturated carbocycles. The van der Waals surface area contributed by atoms with Crippen molar-refractivity contribution < 1.29 is 27.4 Å². The standard InChI is InChI=1S/C31H39ClF3NO3/c1-29(2,3)16-17-30(38-18-19-39-30)24-11-5-22(6-12-24)20-36-28-25-13-7-21(8-15-27(37)31(33,34)35)4-9-23(25)10-14-26(28)32/h5-6,10-12,14,21,36H,4,7-9,13,15-20H2,1-3H3. The van der Waals surface area contributed by atoms with E-state index in [1.807, 2.05) is 12.1 Å². The monoisotopic (exact) mass is 565 g/mol. The third-order valence-electron chi connectivity index (χ3n) is 7.90. The highest BCUT2D eigenvalue weighted by molar-refractivity contribution is 6.33. The van der Waals surface area contributed by atoms with Gasteiger partial charge < -0.3 is 14.8 Å². The lowest BCUT2D eigenvalue weighted by Crippen LogP contribution is -2.29. The van der Waals surface area contributed by atoms with Crippen LogP contribution < -0.4 is 5.32 Å². The number of anilines is 1. The first-order valence-electron chi connectivity index (χ1n) is 13.9. The van der Waals surface area contributed by atoms with Gasteiger partial charge >= 0.3 is 6.18 Å². The van der Waals surface area contributed by atoms with Crippen LogP contribution in [-0.2, 0) is 39.4 Å². The van der Waals surface area contributed by atoms with E-state index in [4.69, 9.17) is 21.1 Å². The summed E-state index contributed by atoms with van der Waals surface area (Å²) in [5, 5.41) is 4.15. The Hall–Kier alpha value is -2.09. The van der Waals surface area contributed by atoms with Gasteiger partial charge in [-0.3, -0.25) is 4.79 Å². The fourth-order valence-electron chi connectivity index (χ4n) is 5.51. The Morgan fingerprint density at radius 3 is 2.33 bits per heavy atom. The molecular formula is C31H39ClF3NO3. The summed E-state index contributed by atoms with van der Waals surface area (Å²) in [6.45, 7) is 8.41. The maximum atomic E-state index is 12.6. The molecule has 0 amide bonds. The quantitative estimate of drug-likeness (QED) is 0.310. The number of benzene rings is 2. The number of Topliss-reactive ketones (excluding diaryl/α,β-unsaturated/α-hetero) is 1. The topological polar surface area (TPSA) is 47.6 Å². The molecule has 1 aliphatic carbocycles. The lowest BCUT2D eigenvalue weighted by Gasteiger charge is -2.31. The van der Waals surface area contributed by atoms with Crippen molar-refractivity contribution in [1.29, 1.82) is 0 Å². The van der Waals surface area contributed by atoms with E-state index in [0.717, 1.165) is 54.5 Å². The van der Waals surface area contributed by atoms with E-state index in [0.29, 0.717) is 31.2 Å². The Bertz CT molecular complexity index is 1140. The zero-order chi connectivity index (χ0) is 28.3. The molecule has 0 bridgehead atoms. The van der Waals surface area contributed by atoms with Gasteiger partial charge in [-0.25, -0.2) is 0 Å². The van der Waals surface area contributed by atoms with E-state index in [1.54, 1.807) is 0 Å². The minimum atomic E-state index is -4.75. The lowest BCUT2D eigenvalue weighted by atomic mass is 9.86. The van der Waals surface area contributed by atoms with E-state index in [2.05, 4.69) is 50.4 Å². The number of hydrogen-bond donors (Lipinski definition) is 1. The molecule has 1 aliphatic heterocycles. The molecule has 2 aliphatic rings. The first-order valence-corrected chi connectivity index (χ1v) is 14.3. The van der Waals surface area contributed by atoms with Crippen LogP contribution in [0.4, 0.5) is 18.9 Å². The number of ether oxygens (including phenoxy) is 2. The number of carbonyl (C=O) groups is 1. The van der Waals surface area contributed by atoms with Crippen LogP contribution in [0.3, 0.4) is 0 Å². The van der Waals surface area contributed by atoms with Crippen LogP contribution in [0.5, 0.6) is 0 Å². The molecule has 2 aromatic rings. The van der Waals surface area contributed by atoms with E-state index in [-0.39, 0.29) is 17.8 Å². The van der Waals surface area contributed by atoms with Crippen LogP contribution in [-0.4, -0.2) is 25.2 Å². The van der Waals surface area contributed by atoms with Crippen LogP contribution >= 0.6 is 11.6 Å². The summed E-state index contributed by atoms with van der Waals surface area (Å²) in [5.74, 6) is -2.25. The number of alkyl halides is 3. The zero-order valence-corrected chi connectivity index (χ0v) is 23.8. The van der Waals surface area contributed by atoms with Gasteiger partial charge in [0.15, 0.2) is 5.79 Å². The van der Waals surface area contributed by atoms with Gasteiger partial charge in [0.25, 0.3) is 0 Å². The zero-order valence-electron chi connectivity index (χ0n) is 23.1. The Balaban J connectivity index is 1.40. The second-order valence-corrected chi connectivity index (χ2v) is 12.4. The summed E-state index contributed by atoms with van der Waals surface area (Å²) in [5.41, 5.74) is 5.47. The van der Waals surface area contributed by atoms with Gasteiger partial charge in [0.1, 0.15) is 0 Å². The molecule has 1 fully saturated rings. The SMILES string of the molecule is CC(C)(C)CCC1(c2ccc(CNc3c(Cl)ccc4c3CCC(CCC(=O)C(F)(F)F)CC4)cc2)OCCO1. The van der Waals surface area contributed by atoms with Crippen molar-refractivity contribution in [3.8, 4) is 0 Å². The van der Waals surface area contributed by atoms with Gasteiger partial charge in [0.05, 0.1) is 23.9 Å². The molecular weight excluding hydrogens is 527 g/mol. The Labute approximate surface area is 234 Å². The van der Waals surface area contributed by atoms with Gasteiger partial charge in [-0.2, -0.15) is 13.2 Å². The van der Waals surface area contributed by atoms with Crippen LogP contribution in [0.25, 0.3) is 0 Å². The number of hydrogen-bond acceptors (Lipinski definition) is 4. The summed E-state index contributed by atoms with van der Waals surface area (Å²) in [6, 6.07) is 12.2. The van der Waals surface area contributed by atoms with Crippen LogP contribution in [0, 0.1) is 11.3 Å². The van der Waals surface area contributed by atoms with Gasteiger partial charge in [0.2, 0.25) is 5.78 Å². The minimum absolute atomic E-state index is 0.0773. The highest BCUT2D eigenvalue weighted by atomic mass is 35.5. The predicted molar refractivity (Wildman–Crippen MR) is 148 cm³/mol. The predicted octanol–water partition coefficient (Wildman–Crippen LogP) is 8.38. The molecule has 1 N–H and O–H groups in total. The maximum Gasteiger partial charge on any atom is 0.449 e. The van der Waals surface area contributed by atoms with Crippen molar-refractivity contribution in [2.24, 2.45) is 11.3 Å². The van der Waals surface area contributed by atoms with Crippen LogP contribution in [0.2, 0.25) is 5.02 Å². The molecule has 214 valence electrons. The van der Waals surface area contributed by atoms with E-state index in [1.165, 1.54) is 5.56 Å². The number of ketones is 1. The Morgan fingerprint density at radius 2 is 1.69 bits per heavy atom. The summed E-state index contributed by atoms with van der Waals surface area (Å²) >= 11 is 6.61. The Kier molecular flexibility index (Phi) is 9.34. The first-order chi connectivity index (χ1) is 18.4.